The van der Waals surface area contributed by atoms with Crippen molar-refractivity contribution in [3.63, 3.8) is 0 Å². The average Bonchev–Trinajstić information content (AvgIpc) is 2.86. The molecule has 0 atom stereocenters. The second-order valence-corrected chi connectivity index (χ2v) is 4.33. The Morgan fingerprint density at radius 2 is 2.21 bits per heavy atom. The van der Waals surface area contributed by atoms with Gasteiger partial charge in [-0.1, -0.05) is 11.6 Å². The molecule has 3 aromatic rings. The lowest BCUT2D eigenvalue weighted by Gasteiger charge is -2.06. The van der Waals surface area contributed by atoms with E-state index in [0.29, 0.717) is 11.3 Å². The standard InChI is InChI=1S/C13H9ClN4O/c14-12-10(2-1-5-15-12)13(19)17-9-4-3-8-7-16-18-11(8)6-9/h1-7H,(H,16,18)(H,17,19). The number of hydrogen-bond donors (Lipinski definition) is 2. The highest BCUT2D eigenvalue weighted by Crippen LogP contribution is 2.18. The molecular weight excluding hydrogens is 264 g/mol. The highest BCUT2D eigenvalue weighted by molar-refractivity contribution is 6.33. The van der Waals surface area contributed by atoms with Crippen LogP contribution >= 0.6 is 11.6 Å². The third kappa shape index (κ3) is 2.28. The molecule has 0 aliphatic carbocycles. The zero-order valence-corrected chi connectivity index (χ0v) is 10.5. The Morgan fingerprint density at radius 1 is 1.32 bits per heavy atom. The third-order valence-electron chi connectivity index (χ3n) is 2.70. The number of amides is 1. The van der Waals surface area contributed by atoms with Gasteiger partial charge >= 0.3 is 0 Å². The van der Waals surface area contributed by atoms with Gasteiger partial charge < -0.3 is 5.32 Å². The number of H-pyrrole nitrogens is 1. The van der Waals surface area contributed by atoms with E-state index in [-0.39, 0.29) is 11.1 Å². The summed E-state index contributed by atoms with van der Waals surface area (Å²) in [5.74, 6) is -0.294. The number of rotatable bonds is 2. The van der Waals surface area contributed by atoms with Gasteiger partial charge in [-0.3, -0.25) is 9.89 Å². The number of carbonyl (C=O) groups is 1. The van der Waals surface area contributed by atoms with Crippen LogP contribution in [0.3, 0.4) is 0 Å². The van der Waals surface area contributed by atoms with Crippen molar-refractivity contribution in [2.24, 2.45) is 0 Å². The lowest BCUT2D eigenvalue weighted by Crippen LogP contribution is -2.12. The van der Waals surface area contributed by atoms with E-state index in [2.05, 4.69) is 20.5 Å². The summed E-state index contributed by atoms with van der Waals surface area (Å²) in [4.78, 5) is 15.9. The largest absolute Gasteiger partial charge is 0.322 e. The first-order valence-electron chi connectivity index (χ1n) is 5.59. The fraction of sp³-hybridized carbons (Fsp3) is 0. The first-order valence-corrected chi connectivity index (χ1v) is 5.97. The average molecular weight is 273 g/mol. The topological polar surface area (TPSA) is 70.7 Å². The molecule has 1 aromatic carbocycles. The van der Waals surface area contributed by atoms with Gasteiger partial charge in [-0.05, 0) is 30.3 Å². The smallest absolute Gasteiger partial charge is 0.258 e. The molecule has 19 heavy (non-hydrogen) atoms. The lowest BCUT2D eigenvalue weighted by atomic mass is 10.2. The summed E-state index contributed by atoms with van der Waals surface area (Å²) >= 11 is 5.87. The summed E-state index contributed by atoms with van der Waals surface area (Å²) in [5.41, 5.74) is 1.87. The van der Waals surface area contributed by atoms with Gasteiger partial charge in [-0.25, -0.2) is 4.98 Å². The molecule has 0 fully saturated rings. The fourth-order valence-corrected chi connectivity index (χ4v) is 1.97. The summed E-state index contributed by atoms with van der Waals surface area (Å²) in [6.07, 6.45) is 3.26. The zero-order valence-electron chi connectivity index (χ0n) is 9.72. The Kier molecular flexibility index (Phi) is 2.89. The Balaban J connectivity index is 1.88. The number of fused-ring (bicyclic) bond motifs is 1. The van der Waals surface area contributed by atoms with Gasteiger partial charge in [0.05, 0.1) is 17.3 Å². The Labute approximate surface area is 113 Å². The highest BCUT2D eigenvalue weighted by atomic mass is 35.5. The van der Waals surface area contributed by atoms with Crippen molar-refractivity contribution in [2.75, 3.05) is 5.32 Å². The molecular formula is C13H9ClN4O. The van der Waals surface area contributed by atoms with Crippen molar-refractivity contribution in [3.05, 3.63) is 53.4 Å². The van der Waals surface area contributed by atoms with Crippen LogP contribution < -0.4 is 5.32 Å². The number of hydrogen-bond acceptors (Lipinski definition) is 3. The molecule has 1 amide bonds. The summed E-state index contributed by atoms with van der Waals surface area (Å²) in [5, 5.41) is 10.7. The third-order valence-corrected chi connectivity index (χ3v) is 3.00. The van der Waals surface area contributed by atoms with Gasteiger partial charge in [0.15, 0.2) is 0 Å². The molecule has 0 spiro atoms. The summed E-state index contributed by atoms with van der Waals surface area (Å²) < 4.78 is 0. The Morgan fingerprint density at radius 3 is 3.05 bits per heavy atom. The number of aromatic nitrogens is 3. The number of pyridine rings is 1. The predicted molar refractivity (Wildman–Crippen MR) is 73.3 cm³/mol. The van der Waals surface area contributed by atoms with E-state index in [9.17, 15) is 4.79 Å². The zero-order chi connectivity index (χ0) is 13.2. The van der Waals surface area contributed by atoms with Crippen molar-refractivity contribution in [1.29, 1.82) is 0 Å². The van der Waals surface area contributed by atoms with Gasteiger partial charge in [-0.15, -0.1) is 0 Å². The molecule has 0 aliphatic rings. The van der Waals surface area contributed by atoms with Crippen LogP contribution in [0.1, 0.15) is 10.4 Å². The van der Waals surface area contributed by atoms with E-state index < -0.39 is 0 Å². The van der Waals surface area contributed by atoms with E-state index in [1.54, 1.807) is 24.4 Å². The molecule has 2 heterocycles. The second kappa shape index (κ2) is 4.70. The molecule has 0 unspecified atom stereocenters. The number of anilines is 1. The number of nitrogens with zero attached hydrogens (tertiary/aromatic N) is 2. The Hall–Kier alpha value is -2.40. The van der Waals surface area contributed by atoms with Crippen LogP contribution in [0.4, 0.5) is 5.69 Å². The molecule has 94 valence electrons. The van der Waals surface area contributed by atoms with Crippen LogP contribution in [0, 0.1) is 0 Å². The van der Waals surface area contributed by atoms with Crippen LogP contribution in [0.15, 0.2) is 42.7 Å². The normalized spacial score (nSPS) is 10.6. The van der Waals surface area contributed by atoms with Crippen LogP contribution in [-0.2, 0) is 0 Å². The van der Waals surface area contributed by atoms with Gasteiger partial charge in [0.25, 0.3) is 5.91 Å². The van der Waals surface area contributed by atoms with Crippen molar-refractivity contribution >= 4 is 34.1 Å². The van der Waals surface area contributed by atoms with E-state index in [4.69, 9.17) is 11.6 Å². The van der Waals surface area contributed by atoms with Crippen LogP contribution in [0.5, 0.6) is 0 Å². The molecule has 0 saturated heterocycles. The van der Waals surface area contributed by atoms with E-state index in [1.165, 1.54) is 6.20 Å². The number of halogens is 1. The molecule has 2 N–H and O–H groups in total. The first kappa shape index (κ1) is 11.7. The van der Waals surface area contributed by atoms with E-state index >= 15 is 0 Å². The van der Waals surface area contributed by atoms with E-state index in [1.807, 2.05) is 12.1 Å². The van der Waals surface area contributed by atoms with Crippen molar-refractivity contribution < 1.29 is 4.79 Å². The van der Waals surface area contributed by atoms with E-state index in [0.717, 1.165) is 10.9 Å². The molecule has 0 aliphatic heterocycles. The van der Waals surface area contributed by atoms with Gasteiger partial charge in [0, 0.05) is 17.3 Å². The number of benzene rings is 1. The summed E-state index contributed by atoms with van der Waals surface area (Å²) in [6, 6.07) is 8.78. The number of carbonyl (C=O) groups excluding carboxylic acids is 1. The minimum atomic E-state index is -0.294. The molecule has 5 nitrogen and oxygen atoms in total. The van der Waals surface area contributed by atoms with Crippen LogP contribution in [0.2, 0.25) is 5.15 Å². The van der Waals surface area contributed by atoms with Gasteiger partial charge in [0.1, 0.15) is 5.15 Å². The SMILES string of the molecule is O=C(Nc1ccc2cn[nH]c2c1)c1cccnc1Cl. The Bertz CT molecular complexity index is 753. The lowest BCUT2D eigenvalue weighted by molar-refractivity contribution is 0.102. The molecule has 0 bridgehead atoms. The maximum absolute atomic E-state index is 12.0. The summed E-state index contributed by atoms with van der Waals surface area (Å²) in [7, 11) is 0. The van der Waals surface area contributed by atoms with Crippen molar-refractivity contribution in [1.82, 2.24) is 15.2 Å². The molecule has 3 rings (SSSR count). The highest BCUT2D eigenvalue weighted by Gasteiger charge is 2.11. The first-order chi connectivity index (χ1) is 9.24. The second-order valence-electron chi connectivity index (χ2n) is 3.97. The molecule has 2 aromatic heterocycles. The quantitative estimate of drug-likeness (QED) is 0.705. The predicted octanol–water partition coefficient (Wildman–Crippen LogP) is 2.86. The van der Waals surface area contributed by atoms with Crippen molar-refractivity contribution in [2.45, 2.75) is 0 Å². The fourth-order valence-electron chi connectivity index (χ4n) is 1.77. The summed E-state index contributed by atoms with van der Waals surface area (Å²) in [6.45, 7) is 0. The minimum Gasteiger partial charge on any atom is -0.322 e. The van der Waals surface area contributed by atoms with Crippen molar-refractivity contribution in [3.8, 4) is 0 Å². The van der Waals surface area contributed by atoms with Gasteiger partial charge in [0.2, 0.25) is 0 Å². The molecule has 6 heteroatoms. The maximum Gasteiger partial charge on any atom is 0.258 e. The molecule has 0 saturated carbocycles. The maximum atomic E-state index is 12.0. The molecule has 0 radical (unpaired) electrons. The minimum absolute atomic E-state index is 0.183. The number of nitrogens with one attached hydrogen (secondary N) is 2. The van der Waals surface area contributed by atoms with Crippen LogP contribution in [0.25, 0.3) is 10.9 Å². The number of aromatic amines is 1. The van der Waals surface area contributed by atoms with Crippen LogP contribution in [-0.4, -0.2) is 21.1 Å². The monoisotopic (exact) mass is 272 g/mol. The van der Waals surface area contributed by atoms with Gasteiger partial charge in [-0.2, -0.15) is 5.10 Å².